The molecule has 10 heteroatoms. The van der Waals surface area contributed by atoms with Crippen LogP contribution in [-0.4, -0.2) is 48.9 Å². The molecule has 0 spiro atoms. The molecule has 3 aromatic carbocycles. The third-order valence-corrected chi connectivity index (χ3v) is 7.96. The molecule has 1 aromatic heterocycles. The summed E-state index contributed by atoms with van der Waals surface area (Å²) in [6.45, 7) is 3.19. The summed E-state index contributed by atoms with van der Waals surface area (Å²) in [7, 11) is 0. The number of carboxylic acids is 1. The average molecular weight is 576 g/mol. The Hall–Kier alpha value is -3.27. The largest absolute Gasteiger partial charge is 0.492 e. The van der Waals surface area contributed by atoms with Crippen molar-refractivity contribution in [2.24, 2.45) is 5.92 Å². The van der Waals surface area contributed by atoms with Gasteiger partial charge in [0.2, 0.25) is 0 Å². The average Bonchev–Trinajstić information content (AvgIpc) is 3.23. The second-order valence-electron chi connectivity index (χ2n) is 9.56. The highest BCUT2D eigenvalue weighted by Crippen LogP contribution is 2.50. The van der Waals surface area contributed by atoms with Crippen LogP contribution in [0.15, 0.2) is 60.7 Å². The van der Waals surface area contributed by atoms with Gasteiger partial charge >= 0.3 is 5.97 Å². The molecule has 39 heavy (non-hydrogen) atoms. The van der Waals surface area contributed by atoms with E-state index < -0.39 is 11.9 Å². The van der Waals surface area contributed by atoms with Crippen LogP contribution in [0.5, 0.6) is 17.2 Å². The van der Waals surface area contributed by atoms with Gasteiger partial charge in [-0.2, -0.15) is 0 Å². The van der Waals surface area contributed by atoms with Crippen molar-refractivity contribution in [1.29, 1.82) is 0 Å². The van der Waals surface area contributed by atoms with Gasteiger partial charge in [-0.3, -0.25) is 9.29 Å². The molecule has 1 N–H and O–H groups in total. The Kier molecular flexibility index (Phi) is 7.75. The number of halogens is 4. The predicted molar refractivity (Wildman–Crippen MR) is 147 cm³/mol. The Morgan fingerprint density at radius 1 is 1.10 bits per heavy atom. The third kappa shape index (κ3) is 6.00. The van der Waals surface area contributed by atoms with Crippen LogP contribution in [-0.2, 0) is 5.92 Å². The molecular weight excluding hydrogens is 551 g/mol. The maximum atomic E-state index is 14.6. The van der Waals surface area contributed by atoms with Crippen molar-refractivity contribution in [3.05, 3.63) is 76.8 Å². The Morgan fingerprint density at radius 3 is 2.49 bits per heavy atom. The van der Waals surface area contributed by atoms with Gasteiger partial charge in [-0.15, -0.1) is 11.3 Å². The van der Waals surface area contributed by atoms with Crippen LogP contribution in [0.25, 0.3) is 20.5 Å². The van der Waals surface area contributed by atoms with Crippen molar-refractivity contribution in [3.8, 4) is 27.7 Å². The second-order valence-corrected chi connectivity index (χ2v) is 11.0. The van der Waals surface area contributed by atoms with Gasteiger partial charge in [0.15, 0.2) is 5.75 Å². The van der Waals surface area contributed by atoms with E-state index in [2.05, 4.69) is 4.90 Å². The zero-order valence-electron chi connectivity index (χ0n) is 20.9. The Labute approximate surface area is 232 Å². The van der Waals surface area contributed by atoms with Crippen molar-refractivity contribution in [2.75, 3.05) is 32.9 Å². The van der Waals surface area contributed by atoms with E-state index in [1.54, 1.807) is 30.3 Å². The number of hydrogen-bond donors (Lipinski definition) is 1. The van der Waals surface area contributed by atoms with Crippen molar-refractivity contribution >= 4 is 39.0 Å². The van der Waals surface area contributed by atoms with E-state index in [0.29, 0.717) is 45.4 Å². The van der Waals surface area contributed by atoms with Gasteiger partial charge < -0.3 is 14.6 Å². The molecule has 1 aliphatic heterocycles. The lowest BCUT2D eigenvalue weighted by Gasteiger charge is -2.37. The van der Waals surface area contributed by atoms with Crippen LogP contribution in [0.2, 0.25) is 5.02 Å². The number of likely N-dealkylation sites (tertiary alicyclic amines) is 1. The minimum absolute atomic E-state index is 0.0824. The smallest absolute Gasteiger partial charge is 0.335 e. The Bertz CT molecular complexity index is 1500. The fourth-order valence-corrected chi connectivity index (χ4v) is 5.91. The van der Waals surface area contributed by atoms with Crippen molar-refractivity contribution in [1.82, 2.24) is 4.90 Å². The summed E-state index contributed by atoms with van der Waals surface area (Å²) in [6.07, 6.45) is 0. The number of fused-ring (bicyclic) bond motifs is 1. The molecule has 0 amide bonds. The highest BCUT2D eigenvalue weighted by Gasteiger charge is 2.31. The lowest BCUT2D eigenvalue weighted by molar-refractivity contribution is 0.0181. The number of carbonyl (C=O) groups is 1. The third-order valence-electron chi connectivity index (χ3n) is 6.56. The summed E-state index contributed by atoms with van der Waals surface area (Å²) in [4.78, 5) is 14.1. The van der Waals surface area contributed by atoms with Gasteiger partial charge in [0.25, 0.3) is 5.92 Å². The number of benzene rings is 3. The molecule has 5 rings (SSSR count). The molecule has 204 valence electrons. The van der Waals surface area contributed by atoms with E-state index in [-0.39, 0.29) is 34.3 Å². The molecule has 5 nitrogen and oxygen atoms in total. The first-order valence-corrected chi connectivity index (χ1v) is 13.5. The van der Waals surface area contributed by atoms with Gasteiger partial charge in [-0.05, 0) is 54.6 Å². The summed E-state index contributed by atoms with van der Waals surface area (Å²) < 4.78 is 54.5. The van der Waals surface area contributed by atoms with Crippen LogP contribution in [0.4, 0.5) is 13.2 Å². The molecule has 4 aromatic rings. The van der Waals surface area contributed by atoms with Crippen molar-refractivity contribution in [2.45, 2.75) is 12.8 Å². The van der Waals surface area contributed by atoms with Crippen LogP contribution < -0.4 is 9.47 Å². The summed E-state index contributed by atoms with van der Waals surface area (Å²) in [6, 6.07) is 15.8. The van der Waals surface area contributed by atoms with E-state index >= 15 is 0 Å². The topological polar surface area (TPSA) is 59.0 Å². The van der Waals surface area contributed by atoms with Gasteiger partial charge in [-0.1, -0.05) is 17.7 Å². The van der Waals surface area contributed by atoms with Crippen LogP contribution in [0.3, 0.4) is 0 Å². The minimum Gasteiger partial charge on any atom is -0.492 e. The summed E-state index contributed by atoms with van der Waals surface area (Å²) in [5, 5.41) is 10.2. The number of nitrogens with zero attached hydrogens (tertiary/aromatic N) is 1. The Morgan fingerprint density at radius 2 is 1.82 bits per heavy atom. The summed E-state index contributed by atoms with van der Waals surface area (Å²) in [5.74, 6) is -2.71. The van der Waals surface area contributed by atoms with E-state index in [4.69, 9.17) is 21.1 Å². The number of ether oxygens (including phenoxy) is 2. The fourth-order valence-electron chi connectivity index (χ4n) is 4.53. The Balaban J connectivity index is 1.44. The molecule has 0 atom stereocenters. The van der Waals surface area contributed by atoms with Gasteiger partial charge in [0.1, 0.15) is 18.1 Å². The molecule has 0 radical (unpaired) electrons. The van der Waals surface area contributed by atoms with Gasteiger partial charge in [0, 0.05) is 58.7 Å². The molecular formula is C29H25ClF3NO4S. The molecule has 0 unspecified atom stereocenters. The highest BCUT2D eigenvalue weighted by molar-refractivity contribution is 7.22. The molecule has 0 aliphatic carbocycles. The molecule has 1 saturated heterocycles. The van der Waals surface area contributed by atoms with Crippen LogP contribution in [0.1, 0.15) is 22.8 Å². The SMILES string of the molecule is CC(F)(F)c1cc(Cl)ccc1-c1sc2cc(C(=O)O)ccc2c1Oc1ccc(OCCN2CC(CF)C2)cc1. The van der Waals surface area contributed by atoms with E-state index in [1.165, 1.54) is 41.7 Å². The molecule has 2 heterocycles. The quantitative estimate of drug-likeness (QED) is 0.207. The zero-order valence-corrected chi connectivity index (χ0v) is 22.5. The number of carboxylic acid groups (broad SMARTS) is 1. The van der Waals surface area contributed by atoms with Crippen molar-refractivity contribution < 1.29 is 32.5 Å². The lowest BCUT2D eigenvalue weighted by atomic mass is 10.00. The number of alkyl halides is 3. The zero-order chi connectivity index (χ0) is 27.7. The number of thiophene rings is 1. The monoisotopic (exact) mass is 575 g/mol. The number of hydrogen-bond acceptors (Lipinski definition) is 5. The van der Waals surface area contributed by atoms with Crippen LogP contribution in [0, 0.1) is 5.92 Å². The second kappa shape index (κ2) is 11.1. The highest BCUT2D eigenvalue weighted by atomic mass is 35.5. The molecule has 0 bridgehead atoms. The lowest BCUT2D eigenvalue weighted by Crippen LogP contribution is -2.49. The van der Waals surface area contributed by atoms with E-state index in [9.17, 15) is 23.1 Å². The number of aromatic carboxylic acids is 1. The maximum Gasteiger partial charge on any atom is 0.335 e. The summed E-state index contributed by atoms with van der Waals surface area (Å²) in [5.41, 5.74) is 0.0773. The molecule has 0 saturated carbocycles. The molecule has 1 aliphatic rings. The van der Waals surface area contributed by atoms with Crippen LogP contribution >= 0.6 is 22.9 Å². The predicted octanol–water partition coefficient (Wildman–Crippen LogP) is 8.10. The minimum atomic E-state index is -3.18. The first kappa shape index (κ1) is 27.3. The molecule has 1 fully saturated rings. The normalized spacial score (nSPS) is 14.4. The number of rotatable bonds is 10. The van der Waals surface area contributed by atoms with E-state index in [1.807, 2.05) is 0 Å². The summed E-state index contributed by atoms with van der Waals surface area (Å²) >= 11 is 7.22. The first-order chi connectivity index (χ1) is 18.6. The van der Waals surface area contributed by atoms with Crippen molar-refractivity contribution in [3.63, 3.8) is 0 Å². The fraction of sp³-hybridized carbons (Fsp3) is 0.276. The van der Waals surface area contributed by atoms with Gasteiger partial charge in [0.05, 0.1) is 17.1 Å². The maximum absolute atomic E-state index is 14.6. The van der Waals surface area contributed by atoms with E-state index in [0.717, 1.165) is 20.0 Å². The standard InChI is InChI=1S/C29H25ClF3NO4S/c1-29(32,33)24-13-19(30)3-9-22(24)27-26(23-8-2-18(28(35)36)12-25(23)39-27)38-21-6-4-20(5-7-21)37-11-10-34-15-17(14-31)16-34/h2-9,12-13,17H,10-11,14-16H2,1H3,(H,35,36). The first-order valence-electron chi connectivity index (χ1n) is 12.3. The van der Waals surface area contributed by atoms with Gasteiger partial charge in [-0.25, -0.2) is 13.6 Å².